The molecular weight excluding hydrogens is 148 g/mol. The highest BCUT2D eigenvalue weighted by Gasteiger charge is 1.96. The van der Waals surface area contributed by atoms with Crippen LogP contribution >= 0.6 is 11.6 Å². The smallest absolute Gasteiger partial charge is 0.104 e. The summed E-state index contributed by atoms with van der Waals surface area (Å²) in [5.41, 5.74) is 0. The maximum Gasteiger partial charge on any atom is 0.104 e. The highest BCUT2D eigenvalue weighted by molar-refractivity contribution is 6.31. The van der Waals surface area contributed by atoms with Crippen molar-refractivity contribution in [2.75, 3.05) is 7.05 Å². The van der Waals surface area contributed by atoms with Crippen molar-refractivity contribution in [1.29, 1.82) is 0 Å². The van der Waals surface area contributed by atoms with Crippen LogP contribution in [0.25, 0.3) is 0 Å². The van der Waals surface area contributed by atoms with E-state index in [1.54, 1.807) is 13.2 Å². The topological polar surface area (TPSA) is 24.4 Å². The molecule has 2 nitrogen and oxygen atoms in total. The molecule has 0 spiro atoms. The second-order valence-corrected chi connectivity index (χ2v) is 2.39. The van der Waals surface area contributed by atoms with E-state index >= 15 is 0 Å². The monoisotopic (exact) mass is 156 g/mol. The number of amidine groups is 1. The Labute approximate surface area is 65.3 Å². The van der Waals surface area contributed by atoms with Crippen molar-refractivity contribution in [1.82, 2.24) is 5.32 Å². The Morgan fingerprint density at radius 3 is 3.20 bits per heavy atom. The summed E-state index contributed by atoms with van der Waals surface area (Å²) in [6.45, 7) is 0. The standard InChI is InChI=1S/C7H9ClN2/c1-9-7-4-2-3-6(8)5-10-7/h2-3,5H,4H2,1H3,(H,9,10). The molecule has 0 bridgehead atoms. The molecule has 3 heteroatoms. The molecule has 1 N–H and O–H groups in total. The largest absolute Gasteiger partial charge is 0.349 e. The molecule has 0 fully saturated rings. The molecule has 0 aromatic carbocycles. The predicted octanol–water partition coefficient (Wildman–Crippen LogP) is 1.64. The van der Waals surface area contributed by atoms with Crippen molar-refractivity contribution < 1.29 is 0 Å². The Balaban J connectivity index is 2.70. The zero-order valence-corrected chi connectivity index (χ0v) is 6.52. The summed E-state index contributed by atoms with van der Waals surface area (Å²) in [5.74, 6) is 0.937. The van der Waals surface area contributed by atoms with Gasteiger partial charge in [-0.2, -0.15) is 0 Å². The van der Waals surface area contributed by atoms with Crippen molar-refractivity contribution in [3.05, 3.63) is 23.4 Å². The fraction of sp³-hybridized carbons (Fsp3) is 0.286. The summed E-state index contributed by atoms with van der Waals surface area (Å²) in [5, 5.41) is 3.68. The molecule has 0 amide bonds. The molecule has 0 saturated heterocycles. The van der Waals surface area contributed by atoms with Crippen LogP contribution in [-0.2, 0) is 0 Å². The maximum atomic E-state index is 5.70. The SMILES string of the molecule is CN=C1CC=CC(Cl)=CN1. The third-order valence-electron chi connectivity index (χ3n) is 1.23. The Morgan fingerprint density at radius 1 is 1.70 bits per heavy atom. The lowest BCUT2D eigenvalue weighted by Crippen LogP contribution is -2.15. The van der Waals surface area contributed by atoms with Crippen molar-refractivity contribution >= 4 is 17.4 Å². The van der Waals surface area contributed by atoms with E-state index in [0.717, 1.165) is 12.3 Å². The van der Waals surface area contributed by atoms with Crippen molar-refractivity contribution in [2.45, 2.75) is 6.42 Å². The maximum absolute atomic E-state index is 5.70. The minimum Gasteiger partial charge on any atom is -0.349 e. The van der Waals surface area contributed by atoms with E-state index in [2.05, 4.69) is 10.3 Å². The summed E-state index contributed by atoms with van der Waals surface area (Å²) >= 11 is 5.70. The highest BCUT2D eigenvalue weighted by atomic mass is 35.5. The number of nitrogens with one attached hydrogen (secondary N) is 1. The quantitative estimate of drug-likeness (QED) is 0.567. The van der Waals surface area contributed by atoms with Gasteiger partial charge in [0, 0.05) is 19.7 Å². The average Bonchev–Trinajstić information content (AvgIpc) is 2.14. The van der Waals surface area contributed by atoms with Gasteiger partial charge in [0.15, 0.2) is 0 Å². The second kappa shape index (κ2) is 3.42. The van der Waals surface area contributed by atoms with Gasteiger partial charge in [-0.25, -0.2) is 0 Å². The van der Waals surface area contributed by atoms with E-state index in [9.17, 15) is 0 Å². The van der Waals surface area contributed by atoms with Crippen LogP contribution in [0, 0.1) is 0 Å². The van der Waals surface area contributed by atoms with Gasteiger partial charge in [-0.3, -0.25) is 4.99 Å². The lowest BCUT2D eigenvalue weighted by molar-refractivity contribution is 1.18. The molecule has 0 atom stereocenters. The summed E-state index contributed by atoms with van der Waals surface area (Å²) in [4.78, 5) is 3.99. The molecule has 54 valence electrons. The highest BCUT2D eigenvalue weighted by Crippen LogP contribution is 2.05. The van der Waals surface area contributed by atoms with Crippen LogP contribution in [0.5, 0.6) is 0 Å². The minimum absolute atomic E-state index is 0.707. The molecule has 1 aliphatic heterocycles. The average molecular weight is 157 g/mol. The molecule has 1 aliphatic rings. The van der Waals surface area contributed by atoms with Gasteiger partial charge in [0.2, 0.25) is 0 Å². The third kappa shape index (κ3) is 1.88. The van der Waals surface area contributed by atoms with Gasteiger partial charge < -0.3 is 5.32 Å². The van der Waals surface area contributed by atoms with Gasteiger partial charge in [0.05, 0.1) is 5.03 Å². The number of nitrogens with zero attached hydrogens (tertiary/aromatic N) is 1. The van der Waals surface area contributed by atoms with Gasteiger partial charge in [-0.15, -0.1) is 0 Å². The number of halogens is 1. The van der Waals surface area contributed by atoms with Gasteiger partial charge in [0.25, 0.3) is 0 Å². The van der Waals surface area contributed by atoms with Crippen LogP contribution in [-0.4, -0.2) is 12.9 Å². The number of allylic oxidation sites excluding steroid dienone is 2. The van der Waals surface area contributed by atoms with Gasteiger partial charge in [-0.05, 0) is 6.08 Å². The Bertz CT molecular complexity index is 204. The Kier molecular flexibility index (Phi) is 2.51. The molecule has 0 unspecified atom stereocenters. The van der Waals surface area contributed by atoms with E-state index in [1.165, 1.54) is 0 Å². The number of rotatable bonds is 0. The molecule has 0 aromatic rings. The first-order valence-corrected chi connectivity index (χ1v) is 3.45. The van der Waals surface area contributed by atoms with Crippen LogP contribution in [0.15, 0.2) is 28.4 Å². The van der Waals surface area contributed by atoms with Crippen LogP contribution in [0.2, 0.25) is 0 Å². The lowest BCUT2D eigenvalue weighted by atomic mass is 10.3. The lowest BCUT2D eigenvalue weighted by Gasteiger charge is -1.97. The zero-order chi connectivity index (χ0) is 7.40. The summed E-state index contributed by atoms with van der Waals surface area (Å²) in [6.07, 6.45) is 6.38. The summed E-state index contributed by atoms with van der Waals surface area (Å²) in [6, 6.07) is 0. The van der Waals surface area contributed by atoms with E-state index in [-0.39, 0.29) is 0 Å². The fourth-order valence-corrected chi connectivity index (χ4v) is 0.842. The number of hydrogen-bond acceptors (Lipinski definition) is 1. The fourth-order valence-electron chi connectivity index (χ4n) is 0.698. The van der Waals surface area contributed by atoms with E-state index in [0.29, 0.717) is 5.03 Å². The zero-order valence-electron chi connectivity index (χ0n) is 5.76. The summed E-state index contributed by atoms with van der Waals surface area (Å²) in [7, 11) is 1.75. The van der Waals surface area contributed by atoms with Crippen molar-refractivity contribution in [3.8, 4) is 0 Å². The summed E-state index contributed by atoms with van der Waals surface area (Å²) < 4.78 is 0. The first-order valence-electron chi connectivity index (χ1n) is 3.07. The molecule has 0 radical (unpaired) electrons. The van der Waals surface area contributed by atoms with E-state index in [4.69, 9.17) is 11.6 Å². The van der Waals surface area contributed by atoms with Crippen LogP contribution in [0.3, 0.4) is 0 Å². The molecule has 0 saturated carbocycles. The minimum atomic E-state index is 0.707. The van der Waals surface area contributed by atoms with Crippen LogP contribution in [0.1, 0.15) is 6.42 Å². The predicted molar refractivity (Wildman–Crippen MR) is 44.2 cm³/mol. The first-order chi connectivity index (χ1) is 4.83. The van der Waals surface area contributed by atoms with E-state index in [1.807, 2.05) is 12.2 Å². The normalized spacial score (nSPS) is 21.8. The van der Waals surface area contributed by atoms with Gasteiger partial charge >= 0.3 is 0 Å². The molecule has 1 heterocycles. The molecule has 1 rings (SSSR count). The van der Waals surface area contributed by atoms with Crippen molar-refractivity contribution in [3.63, 3.8) is 0 Å². The molecule has 0 aliphatic carbocycles. The molecule has 0 aromatic heterocycles. The first kappa shape index (κ1) is 7.35. The molecular formula is C7H9ClN2. The Hall–Kier alpha value is -0.760. The van der Waals surface area contributed by atoms with Gasteiger partial charge in [-0.1, -0.05) is 17.7 Å². The van der Waals surface area contributed by atoms with Crippen molar-refractivity contribution in [2.24, 2.45) is 4.99 Å². The Morgan fingerprint density at radius 2 is 2.50 bits per heavy atom. The number of hydrogen-bond donors (Lipinski definition) is 1. The second-order valence-electron chi connectivity index (χ2n) is 1.95. The third-order valence-corrected chi connectivity index (χ3v) is 1.47. The van der Waals surface area contributed by atoms with Crippen LogP contribution in [0.4, 0.5) is 0 Å². The van der Waals surface area contributed by atoms with Gasteiger partial charge in [0.1, 0.15) is 5.84 Å². The number of aliphatic imine (C=N–C) groups is 1. The molecule has 10 heavy (non-hydrogen) atoms. The van der Waals surface area contributed by atoms with Crippen LogP contribution < -0.4 is 5.32 Å². The van der Waals surface area contributed by atoms with E-state index < -0.39 is 0 Å².